The van der Waals surface area contributed by atoms with Gasteiger partial charge in [0.1, 0.15) is 72.5 Å². The minimum atomic E-state index is -1.83. The van der Waals surface area contributed by atoms with Crippen LogP contribution in [0, 0.1) is 23.7 Å². The third-order valence-electron chi connectivity index (χ3n) is 19.0. The van der Waals surface area contributed by atoms with E-state index in [-0.39, 0.29) is 82.9 Å². The van der Waals surface area contributed by atoms with Crippen molar-refractivity contribution in [2.45, 2.75) is 244 Å². The van der Waals surface area contributed by atoms with Gasteiger partial charge in [0.25, 0.3) is 0 Å². The molecule has 1 heterocycles. The summed E-state index contributed by atoms with van der Waals surface area (Å²) in [5, 5.41) is 52.3. The highest BCUT2D eigenvalue weighted by Gasteiger charge is 2.39. The average Bonchev–Trinajstić information content (AvgIpc) is 1.77. The summed E-state index contributed by atoms with van der Waals surface area (Å²) in [6.07, 6.45) is 5.29. The van der Waals surface area contributed by atoms with Gasteiger partial charge in [-0.2, -0.15) is 11.8 Å². The quantitative estimate of drug-likeness (QED) is 0.0169. The zero-order valence-corrected chi connectivity index (χ0v) is 67.6. The fourth-order valence-corrected chi connectivity index (χ4v) is 12.2. The number of carbonyl (C=O) groups excluding carboxylic acids is 13. The Morgan fingerprint density at radius 2 is 0.823 bits per heavy atom. The number of unbranched alkanes of at least 4 members (excludes halogenated alkanes) is 2. The summed E-state index contributed by atoms with van der Waals surface area (Å²) >= 11 is 1.37. The molecule has 1 aromatic carbocycles. The van der Waals surface area contributed by atoms with Crippen molar-refractivity contribution in [3.8, 4) is 0 Å². The predicted molar refractivity (Wildman–Crippen MR) is 429 cm³/mol. The number of para-hydroxylation sites is 1. The third kappa shape index (κ3) is 35.8. The number of aromatic nitrogens is 1. The number of aliphatic carboxylic acids is 1. The molecule has 0 aliphatic heterocycles. The van der Waals surface area contributed by atoms with Crippen LogP contribution in [0.1, 0.15) is 164 Å². The second-order valence-corrected chi connectivity index (χ2v) is 29.8. The van der Waals surface area contributed by atoms with Crippen LogP contribution in [0.25, 0.3) is 10.9 Å². The van der Waals surface area contributed by atoms with Gasteiger partial charge in [0.15, 0.2) is 11.9 Å². The van der Waals surface area contributed by atoms with Crippen LogP contribution in [0.4, 0.5) is 0 Å². The van der Waals surface area contributed by atoms with Crippen LogP contribution < -0.4 is 110 Å². The maximum Gasteiger partial charge on any atom is 0.326 e. The Balaban J connectivity index is 2.45. The van der Waals surface area contributed by atoms with Crippen molar-refractivity contribution in [1.82, 2.24) is 68.8 Å². The van der Waals surface area contributed by atoms with E-state index in [1.807, 2.05) is 24.3 Å². The van der Waals surface area contributed by atoms with Crippen LogP contribution in [-0.2, 0) is 73.5 Å². The van der Waals surface area contributed by atoms with E-state index in [1.165, 1.54) is 32.5 Å². The van der Waals surface area contributed by atoms with Crippen LogP contribution in [0.5, 0.6) is 0 Å². The number of fused-ring (bicyclic) bond motifs is 1. The number of carbonyl (C=O) groups is 14. The summed E-state index contributed by atoms with van der Waals surface area (Å²) < 4.78 is 0. The largest absolute Gasteiger partial charge is 0.480 e. The van der Waals surface area contributed by atoms with Crippen LogP contribution in [0.15, 0.2) is 40.4 Å². The van der Waals surface area contributed by atoms with Gasteiger partial charge >= 0.3 is 5.97 Å². The number of nitrogens with zero attached hydrogens (tertiary/aromatic N) is 2. The van der Waals surface area contributed by atoms with E-state index in [4.69, 9.17) is 45.9 Å². The number of primary amides is 1. The molecule has 40 heteroatoms. The molecule has 2 rings (SSSR count). The Kier molecular flexibility index (Phi) is 46.0. The molecule has 1 aromatic heterocycles. The standard InChI is InChI=1S/C73H127N23O16S/c1-11-40(7)57(95-64(104)48(24-16-18-31-75)87-62(102)47(23-15-17-30-74)86-60(100)45(76)35-43-36-84-46-22-14-13-21-44(43)46)69(109)90-50(26-20-33-83-73(80)81)63(103)88-49(25-19-32-82-72(78)79)61(101)85-42(9)59(99)93-55(38(3)4)67(107)92-53(37-97)66(106)89-51(27-28-54(77)98)65(105)94-56(39(5)6)68(108)96-58(41(8)12-2)70(110)91-52(71(111)112)29-34-113-10/h13-14,21-22,36,38-42,45,47-53,55-58,84,97H,11-12,15-20,23-35,37,74-76H2,1-10H3,(H2,77,98)(H,85,101)(H,86,100)(H,87,102)(H,88,103)(H,89,106)(H,90,109)(H,91,110)(H,92,107)(H,93,99)(H,94,105)(H,95,104)(H,96,108)(H,111,112)(H4,78,79,82)(H4,80,81,83)/t40-,41-,42-,45-,47-,48-,49-,50-,51-,52-,53-,55-,56-,57-,58-/m0/s1. The number of amides is 13. The highest BCUT2D eigenvalue weighted by atomic mass is 32.2. The number of hydrogen-bond donors (Lipinski definition) is 23. The summed E-state index contributed by atoms with van der Waals surface area (Å²) in [7, 11) is 0. The van der Waals surface area contributed by atoms with Gasteiger partial charge in [-0.3, -0.25) is 72.3 Å². The van der Waals surface area contributed by atoms with Gasteiger partial charge in [0, 0.05) is 36.6 Å². The fraction of sp³-hybridized carbons (Fsp3) is 0.671. The maximum atomic E-state index is 14.7. The first-order valence-electron chi connectivity index (χ1n) is 38.5. The molecule has 0 aliphatic rings. The van der Waals surface area contributed by atoms with Gasteiger partial charge in [0.2, 0.25) is 76.8 Å². The van der Waals surface area contributed by atoms with Crippen molar-refractivity contribution in [2.75, 3.05) is 44.8 Å². The number of thioether (sulfide) groups is 1. The Labute approximate surface area is 664 Å². The first kappa shape index (κ1) is 99.1. The second-order valence-electron chi connectivity index (χ2n) is 28.8. The summed E-state index contributed by atoms with van der Waals surface area (Å²) in [6, 6.07) is -10.6. The normalized spacial score (nSPS) is 15.3. The highest BCUT2D eigenvalue weighted by Crippen LogP contribution is 2.20. The Hall–Kier alpha value is -9.93. The fourth-order valence-electron chi connectivity index (χ4n) is 11.7. The van der Waals surface area contributed by atoms with Crippen molar-refractivity contribution < 1.29 is 77.3 Å². The molecule has 0 bridgehead atoms. The number of carboxylic acids is 1. The van der Waals surface area contributed by atoms with Gasteiger partial charge in [-0.15, -0.1) is 0 Å². The zero-order chi connectivity index (χ0) is 85.2. The van der Waals surface area contributed by atoms with E-state index in [2.05, 4.69) is 78.8 Å². The van der Waals surface area contributed by atoms with Crippen LogP contribution in [0.3, 0.4) is 0 Å². The van der Waals surface area contributed by atoms with Gasteiger partial charge in [-0.1, -0.05) is 86.4 Å². The van der Waals surface area contributed by atoms with Crippen molar-refractivity contribution in [1.29, 1.82) is 0 Å². The molecule has 0 spiro atoms. The van der Waals surface area contributed by atoms with E-state index < -0.39 is 204 Å². The number of aromatic amines is 1. The SMILES string of the molecule is CC[C@H](C)[C@H](NC(=O)[C@H](CCCCN)NC(=O)[C@H](CCCCN)NC(=O)[C@@H](N)Cc1c[nH]c2ccccc12)C(=O)N[C@@H](CCCN=C(N)N)C(=O)N[C@@H](CCCN=C(N)N)C(=O)N[C@@H](C)C(=O)N[C@H](C(=O)N[C@@H](CO)C(=O)N[C@@H](CCC(N)=O)C(=O)N[C@H](C(=O)N[C@H](C(=O)N[C@@H](CCSC)C(=O)O)[C@@H](C)CC)C(C)C)C(C)C. The number of guanidine groups is 2. The Morgan fingerprint density at radius 3 is 1.26 bits per heavy atom. The lowest BCUT2D eigenvalue weighted by molar-refractivity contribution is -0.142. The zero-order valence-electron chi connectivity index (χ0n) is 66.8. The number of benzene rings is 1. The van der Waals surface area contributed by atoms with E-state index in [0.29, 0.717) is 50.8 Å². The summed E-state index contributed by atoms with van der Waals surface area (Å²) in [4.78, 5) is 205. The molecule has 39 nitrogen and oxygen atoms in total. The van der Waals surface area contributed by atoms with Crippen molar-refractivity contribution in [2.24, 2.45) is 79.5 Å². The lowest BCUT2D eigenvalue weighted by Gasteiger charge is -2.30. The molecular formula is C73H127N23O16S. The number of H-pyrrole nitrogens is 1. The first-order chi connectivity index (χ1) is 53.4. The van der Waals surface area contributed by atoms with E-state index >= 15 is 0 Å². The van der Waals surface area contributed by atoms with Crippen molar-refractivity contribution in [3.05, 3.63) is 36.0 Å². The number of aliphatic hydroxyl groups excluding tert-OH is 1. The third-order valence-corrected chi connectivity index (χ3v) is 19.6. The van der Waals surface area contributed by atoms with Crippen LogP contribution >= 0.6 is 11.8 Å². The van der Waals surface area contributed by atoms with Gasteiger partial charge in [0.05, 0.1) is 12.6 Å². The predicted octanol–water partition coefficient (Wildman–Crippen LogP) is -4.26. The highest BCUT2D eigenvalue weighted by molar-refractivity contribution is 7.98. The molecular weight excluding hydrogens is 1490 g/mol. The van der Waals surface area contributed by atoms with Crippen molar-refractivity contribution in [3.63, 3.8) is 0 Å². The molecule has 31 N–H and O–H groups in total. The molecule has 15 atom stereocenters. The van der Waals surface area contributed by atoms with Crippen LogP contribution in [-0.4, -0.2) is 233 Å². The lowest BCUT2D eigenvalue weighted by Crippen LogP contribution is -2.62. The topological polar surface area (TPSA) is 672 Å². The average molecular weight is 1620 g/mol. The van der Waals surface area contributed by atoms with Crippen molar-refractivity contribution >= 4 is 117 Å². The number of nitrogens with two attached hydrogens (primary N) is 8. The summed E-state index contributed by atoms with van der Waals surface area (Å²) in [5.74, 6) is -15.4. The molecule has 113 heavy (non-hydrogen) atoms. The number of hydrogen-bond acceptors (Lipinski definition) is 21. The molecule has 0 fully saturated rings. The molecule has 0 saturated heterocycles. The number of nitrogens with one attached hydrogen (secondary N) is 13. The summed E-state index contributed by atoms with van der Waals surface area (Å²) in [5.41, 5.74) is 47.6. The van der Waals surface area contributed by atoms with Gasteiger partial charge < -0.3 is 125 Å². The lowest BCUT2D eigenvalue weighted by atomic mass is 9.96. The number of aliphatic hydroxyl groups is 1. The number of carboxylic acid groups (broad SMARTS) is 1. The number of aliphatic imine (C=N–C) groups is 2. The molecule has 13 amide bonds. The molecule has 636 valence electrons. The Bertz CT molecular complexity index is 3500. The molecule has 0 aliphatic carbocycles. The molecule has 0 unspecified atom stereocenters. The first-order valence-corrected chi connectivity index (χ1v) is 39.9. The molecule has 0 radical (unpaired) electrons. The number of rotatable bonds is 56. The van der Waals surface area contributed by atoms with E-state index in [0.717, 1.165) is 16.5 Å². The van der Waals surface area contributed by atoms with Gasteiger partial charge in [-0.25, -0.2) is 4.79 Å². The minimum Gasteiger partial charge on any atom is -0.480 e. The Morgan fingerprint density at radius 1 is 0.451 bits per heavy atom. The van der Waals surface area contributed by atoms with Gasteiger partial charge in [-0.05, 0) is 151 Å². The smallest absolute Gasteiger partial charge is 0.326 e. The minimum absolute atomic E-state index is 0.0234. The monoisotopic (exact) mass is 1610 g/mol. The summed E-state index contributed by atoms with van der Waals surface area (Å²) in [6.45, 7) is 13.7. The molecule has 0 saturated carbocycles. The molecule has 2 aromatic rings. The van der Waals surface area contributed by atoms with E-state index in [9.17, 15) is 77.3 Å². The second kappa shape index (κ2) is 52.4. The van der Waals surface area contributed by atoms with E-state index in [1.54, 1.807) is 54.0 Å². The van der Waals surface area contributed by atoms with Crippen LogP contribution in [0.2, 0.25) is 0 Å². The maximum absolute atomic E-state index is 14.7.